The molecule has 0 heterocycles. The summed E-state index contributed by atoms with van der Waals surface area (Å²) in [6, 6.07) is 20.0. The second kappa shape index (κ2) is 11.2. The fraction of sp³-hybridized carbons (Fsp3) is 0.115. The first-order chi connectivity index (χ1) is 16.4. The maximum absolute atomic E-state index is 12.6. The largest absolute Gasteiger partial charge is 0.508 e. The van der Waals surface area contributed by atoms with Crippen LogP contribution in [0.4, 0.5) is 11.4 Å². The molecule has 0 spiro atoms. The van der Waals surface area contributed by atoms with Gasteiger partial charge in [0.2, 0.25) is 0 Å². The topological polar surface area (TPSA) is 121 Å². The number of phenolic OH excluding ortho intramolecular Hbond substituents is 1. The summed E-state index contributed by atoms with van der Waals surface area (Å²) in [6.45, 7) is 1.64. The number of carbonyl (C=O) groups excluding carboxylic acids is 2. The normalized spacial score (nSPS) is 10.7. The molecule has 3 aromatic rings. The number of benzene rings is 3. The number of ether oxygens (including phenoxy) is 2. The number of amides is 2. The molecule has 0 bridgehead atoms. The van der Waals surface area contributed by atoms with Gasteiger partial charge in [-0.25, -0.2) is 0 Å². The number of para-hydroxylation sites is 1. The van der Waals surface area contributed by atoms with Crippen LogP contribution in [0.3, 0.4) is 0 Å². The Bertz CT molecular complexity index is 1240. The second-order valence-electron chi connectivity index (χ2n) is 7.25. The van der Waals surface area contributed by atoms with E-state index in [9.17, 15) is 20.0 Å². The van der Waals surface area contributed by atoms with E-state index in [1.807, 2.05) is 25.1 Å². The number of carbonyl (C=O) groups is 2. The van der Waals surface area contributed by atoms with Crippen molar-refractivity contribution < 1.29 is 24.2 Å². The summed E-state index contributed by atoms with van der Waals surface area (Å²) in [5.41, 5.74) is 2.33. The van der Waals surface area contributed by atoms with E-state index in [0.717, 1.165) is 5.56 Å². The first-order valence-electron chi connectivity index (χ1n) is 10.3. The Morgan fingerprint density at radius 3 is 2.29 bits per heavy atom. The van der Waals surface area contributed by atoms with E-state index in [-0.39, 0.29) is 29.6 Å². The van der Waals surface area contributed by atoms with Gasteiger partial charge >= 0.3 is 0 Å². The van der Waals surface area contributed by atoms with Crippen LogP contribution >= 0.6 is 0 Å². The van der Waals surface area contributed by atoms with Gasteiger partial charge in [-0.05, 0) is 55.5 Å². The number of nitrogens with one attached hydrogen (secondary N) is 2. The molecule has 2 amide bonds. The lowest BCUT2D eigenvalue weighted by molar-refractivity contribution is -0.118. The Morgan fingerprint density at radius 1 is 1.00 bits per heavy atom. The van der Waals surface area contributed by atoms with Gasteiger partial charge in [0.15, 0.2) is 18.1 Å². The molecule has 0 atom stereocenters. The van der Waals surface area contributed by atoms with Crippen molar-refractivity contribution in [2.24, 2.45) is 0 Å². The van der Waals surface area contributed by atoms with E-state index in [1.54, 1.807) is 30.3 Å². The molecule has 172 valence electrons. The molecule has 0 saturated carbocycles. The van der Waals surface area contributed by atoms with Crippen LogP contribution in [0, 0.1) is 18.3 Å². The minimum absolute atomic E-state index is 0.0543. The second-order valence-corrected chi connectivity index (χ2v) is 7.25. The number of methoxy groups -OCH3 is 1. The number of hydrogen-bond donors (Lipinski definition) is 3. The monoisotopic (exact) mass is 457 g/mol. The zero-order valence-electron chi connectivity index (χ0n) is 18.7. The first-order valence-corrected chi connectivity index (χ1v) is 10.3. The molecule has 3 aromatic carbocycles. The summed E-state index contributed by atoms with van der Waals surface area (Å²) >= 11 is 0. The highest BCUT2D eigenvalue weighted by atomic mass is 16.5. The minimum atomic E-state index is -0.640. The molecule has 0 aliphatic carbocycles. The Kier molecular flexibility index (Phi) is 7.87. The fourth-order valence-electron chi connectivity index (χ4n) is 2.98. The smallest absolute Gasteiger partial charge is 0.266 e. The van der Waals surface area contributed by atoms with Gasteiger partial charge in [0.1, 0.15) is 17.4 Å². The van der Waals surface area contributed by atoms with Crippen LogP contribution in [0.25, 0.3) is 6.08 Å². The summed E-state index contributed by atoms with van der Waals surface area (Å²) < 4.78 is 11.1. The Balaban J connectivity index is 1.78. The molecule has 3 rings (SSSR count). The molecular weight excluding hydrogens is 434 g/mol. The lowest BCUT2D eigenvalue weighted by Gasteiger charge is -2.14. The third-order valence-corrected chi connectivity index (χ3v) is 4.70. The van der Waals surface area contributed by atoms with Crippen molar-refractivity contribution in [2.45, 2.75) is 6.92 Å². The lowest BCUT2D eigenvalue weighted by atomic mass is 10.1. The Hall–Kier alpha value is -4.77. The fourth-order valence-corrected chi connectivity index (χ4v) is 2.98. The standard InChI is InChI=1S/C26H23N3O5/c1-17-6-8-20(9-7-17)28-24(31)16-34-25-18(4-3-5-23(25)33-2)14-19(15-27)26(32)29-21-10-12-22(30)13-11-21/h3-14,30H,16H2,1-2H3,(H,28,31)(H,29,32)/b19-14-. The maximum Gasteiger partial charge on any atom is 0.266 e. The number of nitriles is 1. The van der Waals surface area contributed by atoms with Crippen molar-refractivity contribution in [1.82, 2.24) is 0 Å². The van der Waals surface area contributed by atoms with Gasteiger partial charge in [0.25, 0.3) is 11.8 Å². The van der Waals surface area contributed by atoms with E-state index >= 15 is 0 Å². The zero-order chi connectivity index (χ0) is 24.5. The highest BCUT2D eigenvalue weighted by Crippen LogP contribution is 2.33. The average Bonchev–Trinajstić information content (AvgIpc) is 2.84. The van der Waals surface area contributed by atoms with Gasteiger partial charge in [-0.1, -0.05) is 29.8 Å². The maximum atomic E-state index is 12.6. The van der Waals surface area contributed by atoms with Gasteiger partial charge in [0.05, 0.1) is 7.11 Å². The van der Waals surface area contributed by atoms with Crippen molar-refractivity contribution in [3.63, 3.8) is 0 Å². The molecule has 8 heteroatoms. The van der Waals surface area contributed by atoms with Crippen LogP contribution in [0.1, 0.15) is 11.1 Å². The van der Waals surface area contributed by atoms with Crippen molar-refractivity contribution in [2.75, 3.05) is 24.4 Å². The molecule has 0 unspecified atom stereocenters. The van der Waals surface area contributed by atoms with E-state index < -0.39 is 5.91 Å². The first kappa shape index (κ1) is 23.9. The zero-order valence-corrected chi connectivity index (χ0v) is 18.7. The molecule has 34 heavy (non-hydrogen) atoms. The Labute approximate surface area is 197 Å². The van der Waals surface area contributed by atoms with E-state index in [0.29, 0.717) is 22.7 Å². The van der Waals surface area contributed by atoms with E-state index in [4.69, 9.17) is 9.47 Å². The number of hydrogen-bond acceptors (Lipinski definition) is 6. The molecule has 8 nitrogen and oxygen atoms in total. The lowest BCUT2D eigenvalue weighted by Crippen LogP contribution is -2.20. The van der Waals surface area contributed by atoms with Crippen molar-refractivity contribution >= 4 is 29.3 Å². The summed E-state index contributed by atoms with van der Waals surface area (Å²) in [7, 11) is 1.45. The van der Waals surface area contributed by atoms with E-state index in [1.165, 1.54) is 37.5 Å². The van der Waals surface area contributed by atoms with Crippen LogP contribution in [0.5, 0.6) is 17.2 Å². The number of anilines is 2. The van der Waals surface area contributed by atoms with Gasteiger partial charge in [0, 0.05) is 16.9 Å². The van der Waals surface area contributed by atoms with Gasteiger partial charge in [-0.2, -0.15) is 5.26 Å². The average molecular weight is 457 g/mol. The van der Waals surface area contributed by atoms with Crippen LogP contribution < -0.4 is 20.1 Å². The van der Waals surface area contributed by atoms with Gasteiger partial charge in [-0.15, -0.1) is 0 Å². The molecular formula is C26H23N3O5. The molecule has 0 aromatic heterocycles. The Morgan fingerprint density at radius 2 is 1.65 bits per heavy atom. The highest BCUT2D eigenvalue weighted by Gasteiger charge is 2.15. The molecule has 0 radical (unpaired) electrons. The summed E-state index contributed by atoms with van der Waals surface area (Å²) in [5, 5.41) is 24.3. The molecule has 0 fully saturated rings. The van der Waals surface area contributed by atoms with Crippen LogP contribution in [-0.4, -0.2) is 30.6 Å². The number of phenols is 1. The number of aromatic hydroxyl groups is 1. The minimum Gasteiger partial charge on any atom is -0.508 e. The predicted octanol–water partition coefficient (Wildman–Crippen LogP) is 4.27. The number of rotatable bonds is 8. The van der Waals surface area contributed by atoms with Crippen molar-refractivity contribution in [3.05, 3.63) is 83.4 Å². The number of nitrogens with zero attached hydrogens (tertiary/aromatic N) is 1. The van der Waals surface area contributed by atoms with Crippen LogP contribution in [0.2, 0.25) is 0 Å². The number of aryl methyl sites for hydroxylation is 1. The third-order valence-electron chi connectivity index (χ3n) is 4.70. The van der Waals surface area contributed by atoms with Crippen molar-refractivity contribution in [1.29, 1.82) is 5.26 Å². The van der Waals surface area contributed by atoms with Crippen LogP contribution in [-0.2, 0) is 9.59 Å². The SMILES string of the molecule is COc1cccc(/C=C(/C#N)C(=O)Nc2ccc(O)cc2)c1OCC(=O)Nc1ccc(C)cc1. The summed E-state index contributed by atoms with van der Waals surface area (Å²) in [5.74, 6) is -0.407. The van der Waals surface area contributed by atoms with Crippen molar-refractivity contribution in [3.8, 4) is 23.3 Å². The predicted molar refractivity (Wildman–Crippen MR) is 129 cm³/mol. The van der Waals surface area contributed by atoms with Crippen LogP contribution in [0.15, 0.2) is 72.3 Å². The molecule has 0 saturated heterocycles. The molecule has 0 aliphatic heterocycles. The van der Waals surface area contributed by atoms with Gasteiger partial charge < -0.3 is 25.2 Å². The van der Waals surface area contributed by atoms with E-state index in [2.05, 4.69) is 10.6 Å². The summed E-state index contributed by atoms with van der Waals surface area (Å²) in [6.07, 6.45) is 1.35. The molecule has 3 N–H and O–H groups in total. The van der Waals surface area contributed by atoms with Gasteiger partial charge in [-0.3, -0.25) is 9.59 Å². The third kappa shape index (κ3) is 6.37. The molecule has 0 aliphatic rings. The summed E-state index contributed by atoms with van der Waals surface area (Å²) in [4.78, 5) is 25.0. The highest BCUT2D eigenvalue weighted by molar-refractivity contribution is 6.10. The quantitative estimate of drug-likeness (QED) is 0.264.